The predicted octanol–water partition coefficient (Wildman–Crippen LogP) is 20.4. The first-order valence-corrected chi connectivity index (χ1v) is 32.3. The van der Waals surface area contributed by atoms with Gasteiger partial charge in [0, 0.05) is 12.8 Å². The van der Waals surface area contributed by atoms with Crippen molar-refractivity contribution < 1.29 is 24.5 Å². The monoisotopic (exact) mass is 1010 g/mol. The molecule has 3 N–H and O–H groups in total. The molecular formula is C66H125NO5. The summed E-state index contributed by atoms with van der Waals surface area (Å²) in [6.07, 6.45) is 77.6. The number of aliphatic hydroxyl groups is 2. The summed E-state index contributed by atoms with van der Waals surface area (Å²) in [5.41, 5.74) is 0. The van der Waals surface area contributed by atoms with Gasteiger partial charge in [-0.3, -0.25) is 9.59 Å². The first-order chi connectivity index (χ1) is 35.5. The molecule has 0 spiro atoms. The van der Waals surface area contributed by atoms with Gasteiger partial charge in [-0.05, 0) is 64.2 Å². The van der Waals surface area contributed by atoms with E-state index >= 15 is 0 Å². The number of rotatable bonds is 60. The predicted molar refractivity (Wildman–Crippen MR) is 315 cm³/mol. The lowest BCUT2D eigenvalue weighted by Gasteiger charge is -2.20. The van der Waals surface area contributed by atoms with Crippen LogP contribution in [0.2, 0.25) is 0 Å². The molecule has 72 heavy (non-hydrogen) atoms. The molecule has 0 heterocycles. The third-order valence-corrected chi connectivity index (χ3v) is 14.9. The van der Waals surface area contributed by atoms with Crippen LogP contribution >= 0.6 is 0 Å². The van der Waals surface area contributed by atoms with Crippen LogP contribution in [0.5, 0.6) is 0 Å². The van der Waals surface area contributed by atoms with E-state index in [1.165, 1.54) is 276 Å². The van der Waals surface area contributed by atoms with Gasteiger partial charge < -0.3 is 20.3 Å². The fourth-order valence-electron chi connectivity index (χ4n) is 9.96. The van der Waals surface area contributed by atoms with E-state index in [4.69, 9.17) is 4.74 Å². The molecule has 0 aliphatic rings. The Morgan fingerprint density at radius 3 is 1.06 bits per heavy atom. The number of allylic oxidation sites excluding steroid dienone is 5. The largest absolute Gasteiger partial charge is 0.466 e. The Balaban J connectivity index is 3.45. The van der Waals surface area contributed by atoms with Crippen molar-refractivity contribution in [3.8, 4) is 0 Å². The van der Waals surface area contributed by atoms with Gasteiger partial charge in [0.25, 0.3) is 0 Å². The Labute approximate surface area is 449 Å². The Morgan fingerprint density at radius 1 is 0.389 bits per heavy atom. The summed E-state index contributed by atoms with van der Waals surface area (Å²) in [5.74, 6) is -0.0615. The molecule has 0 aliphatic heterocycles. The van der Waals surface area contributed by atoms with E-state index in [2.05, 4.69) is 43.5 Å². The molecule has 0 saturated heterocycles. The van der Waals surface area contributed by atoms with Crippen LogP contribution in [0.15, 0.2) is 36.5 Å². The number of esters is 1. The highest BCUT2D eigenvalue weighted by Gasteiger charge is 2.18. The van der Waals surface area contributed by atoms with Crippen LogP contribution in [0.25, 0.3) is 0 Å². The third kappa shape index (κ3) is 57.4. The lowest BCUT2D eigenvalue weighted by Crippen LogP contribution is -2.45. The standard InChI is InChI=1S/C66H125NO5/c1-3-5-7-9-11-13-15-17-19-31-34-38-42-46-50-54-58-64(69)63(62-68)67-65(70)59-55-51-47-43-39-35-32-29-27-25-23-21-20-22-24-26-28-30-33-37-41-45-49-53-57-61-72-66(71)60-56-52-48-44-40-36-18-16-14-12-10-8-6-4-2/h21-24,54,58,63-64,68-69H,3-20,25-53,55-57,59-62H2,1-2H3,(H,67,70)/b23-21-,24-22-,58-54+. The average molecular weight is 1010 g/mol. The van der Waals surface area contributed by atoms with Crippen LogP contribution in [0.1, 0.15) is 348 Å². The number of unbranched alkanes of at least 4 members (excludes halogenated alkanes) is 45. The van der Waals surface area contributed by atoms with Crippen LogP contribution in [-0.2, 0) is 14.3 Å². The van der Waals surface area contributed by atoms with Crippen molar-refractivity contribution in [2.24, 2.45) is 0 Å². The van der Waals surface area contributed by atoms with Crippen LogP contribution in [0.4, 0.5) is 0 Å². The summed E-state index contributed by atoms with van der Waals surface area (Å²) in [5, 5.41) is 23.1. The van der Waals surface area contributed by atoms with Gasteiger partial charge in [0.15, 0.2) is 0 Å². The van der Waals surface area contributed by atoms with E-state index < -0.39 is 12.1 Å². The molecule has 0 saturated carbocycles. The number of ether oxygens (including phenoxy) is 1. The molecule has 0 bridgehead atoms. The minimum absolute atomic E-state index is 0.0109. The van der Waals surface area contributed by atoms with E-state index in [0.717, 1.165) is 44.9 Å². The van der Waals surface area contributed by atoms with Crippen LogP contribution in [0, 0.1) is 0 Å². The average Bonchev–Trinajstić information content (AvgIpc) is 3.38. The van der Waals surface area contributed by atoms with E-state index in [-0.39, 0.29) is 18.5 Å². The summed E-state index contributed by atoms with van der Waals surface area (Å²) < 4.78 is 5.48. The fourth-order valence-corrected chi connectivity index (χ4v) is 9.96. The number of nitrogens with one attached hydrogen (secondary N) is 1. The lowest BCUT2D eigenvalue weighted by atomic mass is 10.0. The fraction of sp³-hybridized carbons (Fsp3) is 0.879. The van der Waals surface area contributed by atoms with E-state index in [1.807, 2.05) is 6.08 Å². The normalized spacial score (nSPS) is 12.8. The highest BCUT2D eigenvalue weighted by atomic mass is 16.5. The van der Waals surface area contributed by atoms with Crippen molar-refractivity contribution in [2.75, 3.05) is 13.2 Å². The maximum atomic E-state index is 12.5. The molecule has 6 nitrogen and oxygen atoms in total. The Hall–Kier alpha value is -1.92. The quantitative estimate of drug-likeness (QED) is 0.0320. The molecule has 6 heteroatoms. The SMILES string of the molecule is CCCCCCCCCCCCCCCC/C=C/C(O)C(CO)NC(=O)CCCCCCCCCCC/C=C\C/C=C\CCCCCCCCCCCOC(=O)CCCCCCCCCCCCCCCC. The van der Waals surface area contributed by atoms with Crippen molar-refractivity contribution in [1.29, 1.82) is 0 Å². The zero-order valence-corrected chi connectivity index (χ0v) is 48.4. The number of amides is 1. The van der Waals surface area contributed by atoms with Crippen molar-refractivity contribution in [3.05, 3.63) is 36.5 Å². The maximum Gasteiger partial charge on any atom is 0.305 e. The molecule has 2 unspecified atom stereocenters. The Morgan fingerprint density at radius 2 is 0.694 bits per heavy atom. The van der Waals surface area contributed by atoms with Crippen LogP contribution in [-0.4, -0.2) is 47.4 Å². The summed E-state index contributed by atoms with van der Waals surface area (Å²) >= 11 is 0. The summed E-state index contributed by atoms with van der Waals surface area (Å²) in [7, 11) is 0. The number of hydrogen-bond acceptors (Lipinski definition) is 5. The minimum Gasteiger partial charge on any atom is -0.466 e. The highest BCUT2D eigenvalue weighted by Crippen LogP contribution is 2.17. The van der Waals surface area contributed by atoms with Crippen molar-refractivity contribution >= 4 is 11.9 Å². The molecule has 0 aliphatic carbocycles. The van der Waals surface area contributed by atoms with Crippen molar-refractivity contribution in [3.63, 3.8) is 0 Å². The lowest BCUT2D eigenvalue weighted by molar-refractivity contribution is -0.143. The number of aliphatic hydroxyl groups excluding tert-OH is 2. The van der Waals surface area contributed by atoms with Gasteiger partial charge in [-0.2, -0.15) is 0 Å². The van der Waals surface area contributed by atoms with E-state index in [9.17, 15) is 19.8 Å². The van der Waals surface area contributed by atoms with Gasteiger partial charge >= 0.3 is 5.97 Å². The van der Waals surface area contributed by atoms with Crippen molar-refractivity contribution in [2.45, 2.75) is 360 Å². The first-order valence-electron chi connectivity index (χ1n) is 32.3. The molecule has 0 aromatic rings. The molecule has 0 fully saturated rings. The first kappa shape index (κ1) is 70.1. The van der Waals surface area contributed by atoms with Gasteiger partial charge in [0.05, 0.1) is 25.4 Å². The van der Waals surface area contributed by atoms with Crippen LogP contribution < -0.4 is 5.32 Å². The highest BCUT2D eigenvalue weighted by molar-refractivity contribution is 5.76. The van der Waals surface area contributed by atoms with E-state index in [1.54, 1.807) is 6.08 Å². The Bertz CT molecular complexity index is 1170. The summed E-state index contributed by atoms with van der Waals surface area (Å²) in [6.45, 7) is 4.92. The van der Waals surface area contributed by atoms with Gasteiger partial charge in [0.1, 0.15) is 0 Å². The van der Waals surface area contributed by atoms with Gasteiger partial charge in [-0.15, -0.1) is 0 Å². The second kappa shape index (κ2) is 61.6. The van der Waals surface area contributed by atoms with Gasteiger partial charge in [-0.1, -0.05) is 307 Å². The molecule has 2 atom stereocenters. The molecule has 424 valence electrons. The zero-order chi connectivity index (χ0) is 52.2. The molecule has 1 amide bonds. The maximum absolute atomic E-state index is 12.5. The second-order valence-electron chi connectivity index (χ2n) is 22.1. The topological polar surface area (TPSA) is 95.9 Å². The van der Waals surface area contributed by atoms with Gasteiger partial charge in [0.2, 0.25) is 5.91 Å². The Kier molecular flexibility index (Phi) is 60.0. The molecule has 0 radical (unpaired) electrons. The second-order valence-corrected chi connectivity index (χ2v) is 22.1. The van der Waals surface area contributed by atoms with Crippen LogP contribution in [0.3, 0.4) is 0 Å². The summed E-state index contributed by atoms with van der Waals surface area (Å²) in [4.78, 5) is 24.5. The van der Waals surface area contributed by atoms with Crippen molar-refractivity contribution in [1.82, 2.24) is 5.32 Å². The van der Waals surface area contributed by atoms with Gasteiger partial charge in [-0.25, -0.2) is 0 Å². The number of carbonyl (C=O) groups is 2. The summed E-state index contributed by atoms with van der Waals surface area (Å²) in [6, 6.07) is -0.633. The molecule has 0 rings (SSSR count). The number of carbonyl (C=O) groups excluding carboxylic acids is 2. The molecular weight excluding hydrogens is 887 g/mol. The number of hydrogen-bond donors (Lipinski definition) is 3. The minimum atomic E-state index is -0.849. The smallest absolute Gasteiger partial charge is 0.305 e. The molecule has 0 aromatic carbocycles. The molecule has 0 aromatic heterocycles. The zero-order valence-electron chi connectivity index (χ0n) is 48.4. The third-order valence-electron chi connectivity index (χ3n) is 14.9. The van der Waals surface area contributed by atoms with E-state index in [0.29, 0.717) is 19.4 Å².